The highest BCUT2D eigenvalue weighted by molar-refractivity contribution is 9.10. The van der Waals surface area contributed by atoms with E-state index < -0.39 is 74.7 Å². The minimum Gasteiger partial charge on any atom is -0.443 e. The van der Waals surface area contributed by atoms with E-state index in [1.54, 1.807) is 39.0 Å². The normalized spacial score (nSPS) is 28.8. The predicted octanol–water partition coefficient (Wildman–Crippen LogP) is 4.93. The molecule has 1 aliphatic heterocycles. The molecule has 1 aromatic carbocycles. The Morgan fingerprint density at radius 2 is 2.06 bits per heavy atom. The number of ether oxygens (including phenoxy) is 1. The fourth-order valence-corrected chi connectivity index (χ4v) is 5.02. The molecule has 0 bridgehead atoms. The highest BCUT2D eigenvalue weighted by Crippen LogP contribution is 2.45. The quantitative estimate of drug-likeness (QED) is 0.582. The van der Waals surface area contributed by atoms with Crippen LogP contribution in [0.4, 0.5) is 4.79 Å². The van der Waals surface area contributed by atoms with Crippen LogP contribution in [-0.4, -0.2) is 64.5 Å². The van der Waals surface area contributed by atoms with Gasteiger partial charge in [0.05, 0.1) is 16.0 Å². The maximum absolute atomic E-state index is 14.0. The molecule has 7 heteroatoms. The third kappa shape index (κ3) is 3.79. The number of amides is 1. The molecule has 6 nitrogen and oxygen atoms in total. The molecule has 32 heavy (non-hydrogen) atoms. The number of likely N-dealkylation sites (N-methyl/N-ethyl adjacent to an activating group) is 1. The van der Waals surface area contributed by atoms with E-state index in [1.165, 1.54) is 10.6 Å². The molecule has 0 saturated carbocycles. The first-order valence-electron chi connectivity index (χ1n) is 16.5. The van der Waals surface area contributed by atoms with Crippen molar-refractivity contribution in [1.82, 2.24) is 14.4 Å². The second-order valence-electron chi connectivity index (χ2n) is 8.78. The first-order valence-corrected chi connectivity index (χ1v) is 10.8. The van der Waals surface area contributed by atoms with Gasteiger partial charge in [0.15, 0.2) is 0 Å². The van der Waals surface area contributed by atoms with E-state index in [9.17, 15) is 9.59 Å². The summed E-state index contributed by atoms with van der Waals surface area (Å²) in [5.41, 5.74) is 0.880. The lowest BCUT2D eigenvalue weighted by molar-refractivity contribution is -0.134. The van der Waals surface area contributed by atoms with Crippen molar-refractivity contribution < 1.29 is 32.1 Å². The van der Waals surface area contributed by atoms with E-state index in [0.29, 0.717) is 26.6 Å². The van der Waals surface area contributed by atoms with Gasteiger partial charge >= 0.3 is 6.09 Å². The van der Waals surface area contributed by atoms with Crippen molar-refractivity contribution in [2.45, 2.75) is 52.5 Å². The van der Waals surface area contributed by atoms with Crippen molar-refractivity contribution in [1.29, 1.82) is 0 Å². The zero-order valence-corrected chi connectivity index (χ0v) is 19.4. The highest BCUT2D eigenvalue weighted by atomic mass is 79.9. The van der Waals surface area contributed by atoms with Gasteiger partial charge in [-0.3, -0.25) is 9.69 Å². The summed E-state index contributed by atoms with van der Waals surface area (Å²) in [5, 5.41) is 0.545. The third-order valence-electron chi connectivity index (χ3n) is 5.59. The van der Waals surface area contributed by atoms with E-state index in [1.807, 2.05) is 0 Å². The van der Waals surface area contributed by atoms with Crippen molar-refractivity contribution in [3.63, 3.8) is 0 Å². The second kappa shape index (κ2) is 8.34. The first-order chi connectivity index (χ1) is 20.1. The first kappa shape index (κ1) is 11.8. The molecule has 1 aliphatic carbocycles. The SMILES string of the molecule is [2H]C([2H])([2H])N1C[C@H](C(=O)N(C([2H])([2H])C([2H])([2H])[2H])C([2H])([2H])C([2H])([2H])[2H])C=C2c3cccc4c3c(c(Br)n4C(=O)OC(C)(C)C)C[C@H]21. The van der Waals surface area contributed by atoms with Gasteiger partial charge in [0.1, 0.15) is 5.60 Å². The molecule has 0 spiro atoms. The Morgan fingerprint density at radius 3 is 2.72 bits per heavy atom. The van der Waals surface area contributed by atoms with Crippen molar-refractivity contribution in [3.8, 4) is 0 Å². The van der Waals surface area contributed by atoms with Crippen LogP contribution in [0, 0.1) is 5.92 Å². The monoisotopic (exact) mass is 514 g/mol. The summed E-state index contributed by atoms with van der Waals surface area (Å²) >= 11 is 3.49. The van der Waals surface area contributed by atoms with Gasteiger partial charge in [-0.05, 0) is 86.6 Å². The summed E-state index contributed by atoms with van der Waals surface area (Å²) in [5.74, 6) is -3.22. The standard InChI is InChI=1S/C25H32BrN3O3/c1-7-28(8-2)23(30)15-12-17-16-10-9-11-19-21(16)18(13-20(17)27(6)14-15)22(26)29(19)24(31)32-25(3,4)5/h9-12,15,20H,7-8,13-14H2,1-6H3/t15-,20-/m1/s1/i1D3,2D3,6D3,7D2,8D2. The van der Waals surface area contributed by atoms with Crippen LogP contribution in [0.15, 0.2) is 28.9 Å². The van der Waals surface area contributed by atoms with E-state index in [2.05, 4.69) is 15.9 Å². The Hall–Kier alpha value is -2.12. The summed E-state index contributed by atoms with van der Waals surface area (Å²) in [6.07, 6.45) is 0.659. The molecule has 4 rings (SSSR count). The van der Waals surface area contributed by atoms with E-state index in [4.69, 9.17) is 22.6 Å². The smallest absolute Gasteiger partial charge is 0.419 e. The molecule has 0 fully saturated rings. The number of rotatable bonds is 3. The Balaban J connectivity index is 1.96. The maximum atomic E-state index is 14.0. The van der Waals surface area contributed by atoms with Gasteiger partial charge in [-0.25, -0.2) is 9.36 Å². The predicted molar refractivity (Wildman–Crippen MR) is 131 cm³/mol. The number of halogens is 1. The van der Waals surface area contributed by atoms with Crippen LogP contribution >= 0.6 is 15.9 Å². The zero-order valence-electron chi connectivity index (χ0n) is 30.8. The van der Waals surface area contributed by atoms with Crippen LogP contribution in [0.25, 0.3) is 16.5 Å². The fourth-order valence-electron chi connectivity index (χ4n) is 4.32. The van der Waals surface area contributed by atoms with Crippen LogP contribution in [0.1, 0.15) is 63.4 Å². The van der Waals surface area contributed by atoms with Crippen molar-refractivity contribution in [3.05, 3.63) is 40.0 Å². The maximum Gasteiger partial charge on any atom is 0.419 e. The molecule has 2 atom stereocenters. The van der Waals surface area contributed by atoms with Crippen molar-refractivity contribution >= 4 is 44.4 Å². The number of hydrogen-bond donors (Lipinski definition) is 0. The minimum atomic E-state index is -3.79. The number of benzene rings is 1. The van der Waals surface area contributed by atoms with Gasteiger partial charge in [-0.2, -0.15) is 0 Å². The van der Waals surface area contributed by atoms with Crippen LogP contribution in [0.3, 0.4) is 0 Å². The number of hydrogen-bond acceptors (Lipinski definition) is 4. The molecule has 0 saturated heterocycles. The Labute approximate surface area is 216 Å². The molecule has 0 N–H and O–H groups in total. The molecule has 0 radical (unpaired) electrons. The van der Waals surface area contributed by atoms with Crippen LogP contribution < -0.4 is 0 Å². The Morgan fingerprint density at radius 1 is 1.31 bits per heavy atom. The summed E-state index contributed by atoms with van der Waals surface area (Å²) in [4.78, 5) is 27.8. The lowest BCUT2D eigenvalue weighted by Crippen LogP contribution is -2.47. The van der Waals surface area contributed by atoms with Gasteiger partial charge in [-0.15, -0.1) is 0 Å². The number of fused-ring (bicyclic) bond motifs is 2. The highest BCUT2D eigenvalue weighted by Gasteiger charge is 2.38. The topological polar surface area (TPSA) is 54.8 Å². The average molecular weight is 516 g/mol. The van der Waals surface area contributed by atoms with Gasteiger partial charge in [0.2, 0.25) is 5.91 Å². The van der Waals surface area contributed by atoms with Gasteiger partial charge in [-0.1, -0.05) is 18.2 Å². The Kier molecular flexibility index (Phi) is 3.09. The molecule has 1 amide bonds. The second-order valence-corrected chi connectivity index (χ2v) is 9.53. The summed E-state index contributed by atoms with van der Waals surface area (Å²) in [6.45, 7) is -13.3. The molecular formula is C25H32BrN3O3. The molecule has 2 aliphatic rings. The molecule has 2 heterocycles. The zero-order chi connectivity index (χ0) is 34.5. The third-order valence-corrected chi connectivity index (χ3v) is 6.42. The van der Waals surface area contributed by atoms with E-state index in [-0.39, 0.29) is 12.0 Å². The van der Waals surface area contributed by atoms with Crippen molar-refractivity contribution in [2.24, 2.45) is 5.92 Å². The van der Waals surface area contributed by atoms with Gasteiger partial charge < -0.3 is 9.64 Å². The number of carbonyl (C=O) groups excluding carboxylic acids is 2. The number of aromatic nitrogens is 1. The van der Waals surface area contributed by atoms with Crippen molar-refractivity contribution in [2.75, 3.05) is 26.5 Å². The lowest BCUT2D eigenvalue weighted by Gasteiger charge is -2.40. The average Bonchev–Trinajstić information content (AvgIpc) is 3.12. The molecular weight excluding hydrogens is 470 g/mol. The molecule has 172 valence electrons. The molecule has 2 aromatic rings. The Bertz CT molecular complexity index is 1540. The summed E-state index contributed by atoms with van der Waals surface area (Å²) in [7, 11) is 0. The van der Waals surface area contributed by atoms with E-state index >= 15 is 0 Å². The van der Waals surface area contributed by atoms with Crippen LogP contribution in [0.2, 0.25) is 0 Å². The van der Waals surface area contributed by atoms with Gasteiger partial charge in [0.25, 0.3) is 0 Å². The van der Waals surface area contributed by atoms with E-state index in [0.717, 1.165) is 4.90 Å². The van der Waals surface area contributed by atoms with Gasteiger partial charge in [0, 0.05) is 48.8 Å². The molecule has 1 aromatic heterocycles. The number of nitrogens with zero attached hydrogens (tertiary/aromatic N) is 3. The minimum absolute atomic E-state index is 0.0466. The van der Waals surface area contributed by atoms with Crippen LogP contribution in [0.5, 0.6) is 0 Å². The van der Waals surface area contributed by atoms with Crippen LogP contribution in [-0.2, 0) is 16.0 Å². The fraction of sp³-hybridized carbons (Fsp3) is 0.520. The summed E-state index contributed by atoms with van der Waals surface area (Å²) in [6, 6.07) is 4.00. The summed E-state index contributed by atoms with van der Waals surface area (Å²) < 4.78 is 111. The lowest BCUT2D eigenvalue weighted by atomic mass is 9.79. The number of carbonyl (C=O) groups is 2. The largest absolute Gasteiger partial charge is 0.443 e. The molecule has 0 unspecified atom stereocenters.